The first-order chi connectivity index (χ1) is 10.5. The average Bonchev–Trinajstić information content (AvgIpc) is 3.05. The van der Waals surface area contributed by atoms with Crippen LogP contribution in [0, 0.1) is 0 Å². The molecule has 6 nitrogen and oxygen atoms in total. The number of fused-ring (bicyclic) bond motifs is 1. The molecule has 0 atom stereocenters. The van der Waals surface area contributed by atoms with Gasteiger partial charge in [0, 0.05) is 12.1 Å². The molecule has 1 aliphatic carbocycles. The molecular weight excluding hydrogens is 284 g/mol. The Labute approximate surface area is 127 Å². The molecule has 6 heteroatoms. The third-order valence-corrected chi connectivity index (χ3v) is 4.17. The Morgan fingerprint density at radius 2 is 1.73 bits per heavy atom. The number of benzene rings is 1. The summed E-state index contributed by atoms with van der Waals surface area (Å²) >= 11 is 0. The Kier molecular flexibility index (Phi) is 3.52. The highest BCUT2D eigenvalue weighted by Gasteiger charge is 2.44. The summed E-state index contributed by atoms with van der Waals surface area (Å²) < 4.78 is 0. The maximum absolute atomic E-state index is 12.3. The van der Waals surface area contributed by atoms with Crippen LogP contribution in [-0.2, 0) is 22.4 Å². The number of amides is 4. The van der Waals surface area contributed by atoms with Gasteiger partial charge in [0.25, 0.3) is 0 Å². The quantitative estimate of drug-likeness (QED) is 0.475. The van der Waals surface area contributed by atoms with Crippen molar-refractivity contribution in [1.82, 2.24) is 9.80 Å². The largest absolute Gasteiger partial charge is 0.334 e. The molecule has 1 aliphatic heterocycles. The van der Waals surface area contributed by atoms with Crippen LogP contribution in [0.5, 0.6) is 0 Å². The van der Waals surface area contributed by atoms with Crippen molar-refractivity contribution in [1.29, 1.82) is 0 Å². The first-order valence-corrected chi connectivity index (χ1v) is 7.35. The molecule has 0 saturated carbocycles. The van der Waals surface area contributed by atoms with Crippen LogP contribution in [-0.4, -0.2) is 46.5 Å². The fraction of sp³-hybridized carbons (Fsp3) is 0.375. The highest BCUT2D eigenvalue weighted by Crippen LogP contribution is 2.23. The van der Waals surface area contributed by atoms with E-state index in [0.717, 1.165) is 34.6 Å². The second-order valence-corrected chi connectivity index (χ2v) is 5.48. The van der Waals surface area contributed by atoms with Crippen LogP contribution in [0.2, 0.25) is 0 Å². The zero-order valence-electron chi connectivity index (χ0n) is 12.3. The van der Waals surface area contributed by atoms with E-state index in [-0.39, 0.29) is 12.3 Å². The normalized spacial score (nSPS) is 17.4. The van der Waals surface area contributed by atoms with E-state index in [2.05, 4.69) is 0 Å². The standard InChI is InChI=1S/C16H16N2O4/c1-2-17-14(20)15(21)18(16(17)22)9-13(19)12-7-6-10-4-3-5-11(10)8-12/h6-8H,2-5,9H2,1H3. The van der Waals surface area contributed by atoms with Crippen molar-refractivity contribution in [3.63, 3.8) is 0 Å². The van der Waals surface area contributed by atoms with Crippen LogP contribution in [0.3, 0.4) is 0 Å². The van der Waals surface area contributed by atoms with Crippen LogP contribution >= 0.6 is 0 Å². The molecular formula is C16H16N2O4. The lowest BCUT2D eigenvalue weighted by Crippen LogP contribution is -2.37. The number of ketones is 1. The molecule has 0 bridgehead atoms. The lowest BCUT2D eigenvalue weighted by Gasteiger charge is -2.13. The number of urea groups is 1. The smallest absolute Gasteiger partial charge is 0.292 e. The number of hydrogen-bond donors (Lipinski definition) is 0. The van der Waals surface area contributed by atoms with Gasteiger partial charge in [0.2, 0.25) is 0 Å². The number of rotatable bonds is 4. The van der Waals surface area contributed by atoms with Gasteiger partial charge in [0.05, 0.1) is 6.54 Å². The van der Waals surface area contributed by atoms with E-state index in [1.807, 2.05) is 12.1 Å². The molecule has 1 aromatic carbocycles. The molecule has 1 heterocycles. The van der Waals surface area contributed by atoms with Gasteiger partial charge in [-0.2, -0.15) is 0 Å². The summed E-state index contributed by atoms with van der Waals surface area (Å²) in [7, 11) is 0. The van der Waals surface area contributed by atoms with E-state index < -0.39 is 24.4 Å². The fourth-order valence-electron chi connectivity index (χ4n) is 2.95. The Bertz CT molecular complexity index is 695. The van der Waals surface area contributed by atoms with Crippen molar-refractivity contribution in [2.75, 3.05) is 13.1 Å². The number of nitrogens with zero attached hydrogens (tertiary/aromatic N) is 2. The Morgan fingerprint density at radius 3 is 2.41 bits per heavy atom. The van der Waals surface area contributed by atoms with Crippen molar-refractivity contribution in [3.8, 4) is 0 Å². The first kappa shape index (κ1) is 14.4. The Balaban J connectivity index is 1.78. The molecule has 1 fully saturated rings. The summed E-state index contributed by atoms with van der Waals surface area (Å²) in [6, 6.07) is 4.76. The Hall–Kier alpha value is -2.50. The van der Waals surface area contributed by atoms with Crippen LogP contribution in [0.25, 0.3) is 0 Å². The molecule has 2 aliphatic rings. The molecule has 22 heavy (non-hydrogen) atoms. The van der Waals surface area contributed by atoms with Crippen LogP contribution < -0.4 is 0 Å². The van der Waals surface area contributed by atoms with E-state index in [1.54, 1.807) is 13.0 Å². The first-order valence-electron chi connectivity index (χ1n) is 7.35. The van der Waals surface area contributed by atoms with E-state index in [4.69, 9.17) is 0 Å². The third-order valence-electron chi connectivity index (χ3n) is 4.17. The molecule has 0 N–H and O–H groups in total. The second kappa shape index (κ2) is 5.36. The van der Waals surface area contributed by atoms with E-state index in [0.29, 0.717) is 5.56 Å². The van der Waals surface area contributed by atoms with Gasteiger partial charge >= 0.3 is 17.8 Å². The average molecular weight is 300 g/mol. The third kappa shape index (κ3) is 2.20. The predicted molar refractivity (Wildman–Crippen MR) is 77.3 cm³/mol. The molecule has 0 radical (unpaired) electrons. The summed E-state index contributed by atoms with van der Waals surface area (Å²) in [6.07, 6.45) is 3.04. The Morgan fingerprint density at radius 1 is 1.05 bits per heavy atom. The molecule has 0 unspecified atom stereocenters. The van der Waals surface area contributed by atoms with E-state index >= 15 is 0 Å². The summed E-state index contributed by atoms with van der Waals surface area (Å²) in [5, 5.41) is 0. The van der Waals surface area contributed by atoms with Crippen LogP contribution in [0.1, 0.15) is 34.8 Å². The number of imide groups is 2. The summed E-state index contributed by atoms with van der Waals surface area (Å²) in [5.41, 5.74) is 2.87. The van der Waals surface area contributed by atoms with E-state index in [9.17, 15) is 19.2 Å². The maximum atomic E-state index is 12.3. The van der Waals surface area contributed by atoms with Crippen molar-refractivity contribution in [2.45, 2.75) is 26.2 Å². The minimum atomic E-state index is -0.929. The maximum Gasteiger partial charge on any atom is 0.334 e. The van der Waals surface area contributed by atoms with Crippen molar-refractivity contribution in [2.24, 2.45) is 0 Å². The van der Waals surface area contributed by atoms with Gasteiger partial charge < -0.3 is 0 Å². The molecule has 0 aromatic heterocycles. The molecule has 1 saturated heterocycles. The minimum Gasteiger partial charge on any atom is -0.292 e. The number of carbonyl (C=O) groups is 4. The second-order valence-electron chi connectivity index (χ2n) is 5.48. The molecule has 1 aromatic rings. The number of likely N-dealkylation sites (N-methyl/N-ethyl adjacent to an activating group) is 1. The zero-order chi connectivity index (χ0) is 15.9. The van der Waals surface area contributed by atoms with Gasteiger partial charge in [-0.15, -0.1) is 0 Å². The van der Waals surface area contributed by atoms with Crippen molar-refractivity contribution >= 4 is 23.6 Å². The number of aryl methyl sites for hydroxylation is 2. The molecule has 3 rings (SSSR count). The lowest BCUT2D eigenvalue weighted by molar-refractivity contribution is -0.143. The predicted octanol–water partition coefficient (Wildman–Crippen LogP) is 1.17. The monoisotopic (exact) mass is 300 g/mol. The van der Waals surface area contributed by atoms with Gasteiger partial charge in [0.15, 0.2) is 5.78 Å². The van der Waals surface area contributed by atoms with Crippen molar-refractivity contribution in [3.05, 3.63) is 34.9 Å². The van der Waals surface area contributed by atoms with Crippen LogP contribution in [0.4, 0.5) is 4.79 Å². The van der Waals surface area contributed by atoms with Gasteiger partial charge in [-0.3, -0.25) is 19.3 Å². The van der Waals surface area contributed by atoms with Gasteiger partial charge in [-0.25, -0.2) is 9.69 Å². The van der Waals surface area contributed by atoms with Gasteiger partial charge in [0.1, 0.15) is 0 Å². The number of hydrogen-bond acceptors (Lipinski definition) is 4. The fourth-order valence-corrected chi connectivity index (χ4v) is 2.95. The molecule has 4 amide bonds. The van der Waals surface area contributed by atoms with Gasteiger partial charge in [-0.05, 0) is 43.4 Å². The van der Waals surface area contributed by atoms with Crippen LogP contribution in [0.15, 0.2) is 18.2 Å². The van der Waals surface area contributed by atoms with Crippen molar-refractivity contribution < 1.29 is 19.2 Å². The lowest BCUT2D eigenvalue weighted by atomic mass is 10.0. The topological polar surface area (TPSA) is 74.8 Å². The molecule has 114 valence electrons. The minimum absolute atomic E-state index is 0.118. The van der Waals surface area contributed by atoms with Gasteiger partial charge in [-0.1, -0.05) is 12.1 Å². The highest BCUT2D eigenvalue weighted by atomic mass is 16.2. The SMILES string of the molecule is CCN1C(=O)C(=O)N(CC(=O)c2ccc3c(c2)CCC3)C1=O. The number of Topliss-reactive ketones (excluding diaryl/α,β-unsaturated/α-hetero) is 1. The summed E-state index contributed by atoms with van der Waals surface area (Å²) in [4.78, 5) is 49.3. The zero-order valence-corrected chi connectivity index (χ0v) is 12.3. The summed E-state index contributed by atoms with van der Waals surface area (Å²) in [6.45, 7) is 1.33. The summed E-state index contributed by atoms with van der Waals surface area (Å²) in [5.74, 6) is -2.13. The molecule has 0 spiro atoms. The number of carbonyl (C=O) groups excluding carboxylic acids is 4. The van der Waals surface area contributed by atoms with E-state index in [1.165, 1.54) is 5.56 Å². The highest BCUT2D eigenvalue weighted by molar-refractivity contribution is 6.45.